The molecule has 0 bridgehead atoms. The monoisotopic (exact) mass is 203 g/mol. The molecule has 0 aliphatic rings. The molecular weight excluding hydrogens is 186 g/mol. The summed E-state index contributed by atoms with van der Waals surface area (Å²) in [4.78, 5) is 20.6. The smallest absolute Gasteiger partial charge is 0.318 e. The minimum absolute atomic E-state index is 0.207. The number of hydrogen-bond donors (Lipinski definition) is 4. The number of hydrazine groups is 1. The van der Waals surface area contributed by atoms with Crippen molar-refractivity contribution in [1.29, 1.82) is 0 Å². The average Bonchev–Trinajstić information content (AvgIpc) is 2.15. The molecule has 0 aromatic heterocycles. The molecule has 0 aliphatic heterocycles. The number of carboxylic acid groups (broad SMARTS) is 1. The second kappa shape index (κ2) is 8.61. The predicted molar refractivity (Wildman–Crippen MR) is 51.5 cm³/mol. The van der Waals surface area contributed by atoms with Crippen LogP contribution in [0.5, 0.6) is 0 Å². The second-order valence-corrected chi connectivity index (χ2v) is 2.92. The van der Waals surface area contributed by atoms with E-state index in [0.717, 1.165) is 19.1 Å². The molecule has 6 nitrogen and oxygen atoms in total. The van der Waals surface area contributed by atoms with Gasteiger partial charge in [-0.15, -0.1) is 0 Å². The molecule has 0 aromatic carbocycles. The Balaban J connectivity index is 3.47. The van der Waals surface area contributed by atoms with Gasteiger partial charge in [0.05, 0.1) is 6.04 Å². The number of unbranched alkanes of at least 4 members (excludes halogenated alkanes) is 1. The van der Waals surface area contributed by atoms with Gasteiger partial charge in [-0.25, -0.2) is 10.9 Å². The third kappa shape index (κ3) is 7.66. The number of nitrogens with two attached hydrogens (primary N) is 1. The Hall–Kier alpha value is -0.980. The Morgan fingerprint density at radius 2 is 2.21 bits per heavy atom. The van der Waals surface area contributed by atoms with Gasteiger partial charge in [0.25, 0.3) is 0 Å². The van der Waals surface area contributed by atoms with Crippen molar-refractivity contribution < 1.29 is 14.7 Å². The lowest BCUT2D eigenvalue weighted by Gasteiger charge is -2.11. The largest absolute Gasteiger partial charge is 0.480 e. The Bertz CT molecular complexity index is 175. The summed E-state index contributed by atoms with van der Waals surface area (Å²) in [5, 5.41) is 8.31. The van der Waals surface area contributed by atoms with Crippen LogP contribution in [0.25, 0.3) is 0 Å². The molecule has 1 unspecified atom stereocenters. The van der Waals surface area contributed by atoms with Gasteiger partial charge >= 0.3 is 5.97 Å². The topological polar surface area (TPSA) is 104 Å². The van der Waals surface area contributed by atoms with Crippen LogP contribution in [0.4, 0.5) is 0 Å². The Morgan fingerprint density at radius 3 is 2.71 bits per heavy atom. The van der Waals surface area contributed by atoms with Crippen LogP contribution in [0.2, 0.25) is 0 Å². The molecule has 0 radical (unpaired) electrons. The van der Waals surface area contributed by atoms with E-state index < -0.39 is 5.97 Å². The first kappa shape index (κ1) is 13.0. The maximum Gasteiger partial charge on any atom is 0.318 e. The van der Waals surface area contributed by atoms with Crippen LogP contribution in [0, 0.1) is 0 Å². The molecule has 6 heteroatoms. The molecule has 0 aliphatic carbocycles. The lowest BCUT2D eigenvalue weighted by molar-refractivity contribution is -0.136. The van der Waals surface area contributed by atoms with E-state index in [1.165, 1.54) is 0 Å². The maximum absolute atomic E-state index is 10.5. The number of carbonyl (C=O) groups excluding carboxylic acids is 1. The zero-order valence-corrected chi connectivity index (χ0v) is 8.03. The third-order valence-corrected chi connectivity index (χ3v) is 1.66. The van der Waals surface area contributed by atoms with Gasteiger partial charge in [-0.1, -0.05) is 6.42 Å². The maximum atomic E-state index is 10.5. The average molecular weight is 203 g/mol. The summed E-state index contributed by atoms with van der Waals surface area (Å²) < 4.78 is 0. The number of carboxylic acids is 1. The van der Waals surface area contributed by atoms with E-state index in [1.807, 2.05) is 0 Å². The quantitative estimate of drug-likeness (QED) is 0.214. The first-order valence-electron chi connectivity index (χ1n) is 4.56. The molecule has 1 atom stereocenters. The molecule has 14 heavy (non-hydrogen) atoms. The van der Waals surface area contributed by atoms with Gasteiger partial charge in [0.1, 0.15) is 12.8 Å². The number of carbonyl (C=O) groups is 2. The summed E-state index contributed by atoms with van der Waals surface area (Å²) in [5.41, 5.74) is 10.4. The molecular formula is C8H17N3O3. The number of hydrogen-bond acceptors (Lipinski definition) is 5. The normalized spacial score (nSPS) is 12.4. The van der Waals surface area contributed by atoms with Gasteiger partial charge in [0.2, 0.25) is 0 Å². The summed E-state index contributed by atoms with van der Waals surface area (Å²) in [7, 11) is 0. The van der Waals surface area contributed by atoms with E-state index >= 15 is 0 Å². The van der Waals surface area contributed by atoms with Crippen molar-refractivity contribution in [2.24, 2.45) is 5.73 Å². The van der Waals surface area contributed by atoms with Crippen molar-refractivity contribution >= 4 is 12.3 Å². The Morgan fingerprint density at radius 1 is 1.50 bits per heavy atom. The van der Waals surface area contributed by atoms with Crippen molar-refractivity contribution in [2.45, 2.75) is 25.3 Å². The van der Waals surface area contributed by atoms with Crippen LogP contribution in [0.3, 0.4) is 0 Å². The fourth-order valence-corrected chi connectivity index (χ4v) is 0.941. The molecule has 0 heterocycles. The van der Waals surface area contributed by atoms with Crippen LogP contribution in [0.1, 0.15) is 19.3 Å². The zero-order valence-electron chi connectivity index (χ0n) is 8.03. The van der Waals surface area contributed by atoms with E-state index in [-0.39, 0.29) is 12.6 Å². The molecule has 0 rings (SSSR count). The van der Waals surface area contributed by atoms with Crippen molar-refractivity contribution in [2.75, 3.05) is 13.1 Å². The zero-order chi connectivity index (χ0) is 10.8. The highest BCUT2D eigenvalue weighted by atomic mass is 16.4. The highest BCUT2D eigenvalue weighted by molar-refractivity contribution is 5.69. The SMILES string of the molecule is NCCCCC(C=O)NNCC(=O)O. The van der Waals surface area contributed by atoms with Gasteiger partial charge in [0, 0.05) is 0 Å². The Labute approximate surface area is 82.8 Å². The molecule has 0 amide bonds. The number of aliphatic carboxylic acids is 1. The van der Waals surface area contributed by atoms with Crippen LogP contribution in [-0.2, 0) is 9.59 Å². The number of aldehydes is 1. The van der Waals surface area contributed by atoms with E-state index in [4.69, 9.17) is 10.8 Å². The van der Waals surface area contributed by atoms with E-state index in [0.29, 0.717) is 13.0 Å². The fraction of sp³-hybridized carbons (Fsp3) is 0.750. The third-order valence-electron chi connectivity index (χ3n) is 1.66. The van der Waals surface area contributed by atoms with Crippen LogP contribution in [0.15, 0.2) is 0 Å². The fourth-order valence-electron chi connectivity index (χ4n) is 0.941. The lowest BCUT2D eigenvalue weighted by atomic mass is 10.1. The highest BCUT2D eigenvalue weighted by Crippen LogP contribution is 1.96. The van der Waals surface area contributed by atoms with E-state index in [1.54, 1.807) is 0 Å². The molecule has 0 aromatic rings. The molecule has 0 fully saturated rings. The molecule has 0 saturated carbocycles. The van der Waals surface area contributed by atoms with Crippen molar-refractivity contribution in [1.82, 2.24) is 10.9 Å². The summed E-state index contributed by atoms with van der Waals surface area (Å²) >= 11 is 0. The van der Waals surface area contributed by atoms with Crippen LogP contribution >= 0.6 is 0 Å². The van der Waals surface area contributed by atoms with Gasteiger partial charge in [-0.3, -0.25) is 4.79 Å². The molecule has 5 N–H and O–H groups in total. The molecule has 0 saturated heterocycles. The highest BCUT2D eigenvalue weighted by Gasteiger charge is 2.05. The minimum Gasteiger partial charge on any atom is -0.480 e. The molecule has 82 valence electrons. The van der Waals surface area contributed by atoms with Crippen molar-refractivity contribution in [3.63, 3.8) is 0 Å². The summed E-state index contributed by atoms with van der Waals surface area (Å²) in [6.45, 7) is 0.398. The predicted octanol–water partition coefficient (Wildman–Crippen LogP) is -1.14. The Kier molecular flexibility index (Phi) is 8.01. The first-order valence-corrected chi connectivity index (χ1v) is 4.56. The van der Waals surface area contributed by atoms with Crippen molar-refractivity contribution in [3.05, 3.63) is 0 Å². The second-order valence-electron chi connectivity index (χ2n) is 2.92. The minimum atomic E-state index is -0.968. The van der Waals surface area contributed by atoms with Crippen LogP contribution < -0.4 is 16.6 Å². The van der Waals surface area contributed by atoms with Crippen LogP contribution in [-0.4, -0.2) is 36.5 Å². The summed E-state index contributed by atoms with van der Waals surface area (Å²) in [5.74, 6) is -0.968. The standard InChI is InChI=1S/C8H17N3O3/c9-4-2-1-3-7(6-12)11-10-5-8(13)14/h6-7,10-11H,1-5,9H2,(H,13,14). The first-order chi connectivity index (χ1) is 6.70. The van der Waals surface area contributed by atoms with Gasteiger partial charge in [-0.2, -0.15) is 0 Å². The van der Waals surface area contributed by atoms with Gasteiger partial charge in [-0.05, 0) is 19.4 Å². The van der Waals surface area contributed by atoms with Crippen molar-refractivity contribution in [3.8, 4) is 0 Å². The number of nitrogens with one attached hydrogen (secondary N) is 2. The molecule has 0 spiro atoms. The van der Waals surface area contributed by atoms with E-state index in [2.05, 4.69) is 10.9 Å². The summed E-state index contributed by atoms with van der Waals surface area (Å²) in [6, 6.07) is -0.346. The number of rotatable bonds is 9. The lowest BCUT2D eigenvalue weighted by Crippen LogP contribution is -2.44. The van der Waals surface area contributed by atoms with Gasteiger partial charge < -0.3 is 15.6 Å². The summed E-state index contributed by atoms with van der Waals surface area (Å²) in [6.07, 6.45) is 3.13. The van der Waals surface area contributed by atoms with Gasteiger partial charge in [0.15, 0.2) is 0 Å². The van der Waals surface area contributed by atoms with E-state index in [9.17, 15) is 9.59 Å².